The van der Waals surface area contributed by atoms with Crippen molar-refractivity contribution in [1.29, 1.82) is 0 Å². The van der Waals surface area contributed by atoms with Gasteiger partial charge in [0, 0.05) is 7.05 Å². The zero-order valence-corrected chi connectivity index (χ0v) is 16.0. The molecule has 0 bridgehead atoms. The van der Waals surface area contributed by atoms with E-state index in [0.717, 1.165) is 26.8 Å². The quantitative estimate of drug-likeness (QED) is 0.511. The van der Waals surface area contributed by atoms with Gasteiger partial charge in [0.25, 0.3) is 5.56 Å². The maximum atomic E-state index is 12.9. The van der Waals surface area contributed by atoms with Gasteiger partial charge in [-0.3, -0.25) is 4.79 Å². The Morgan fingerprint density at radius 2 is 1.71 bits per heavy atom. The van der Waals surface area contributed by atoms with Crippen LogP contribution in [0, 0.1) is 13.8 Å². The third-order valence-corrected chi connectivity index (χ3v) is 4.93. The third-order valence-electron chi connectivity index (χ3n) is 4.93. The molecule has 0 saturated heterocycles. The summed E-state index contributed by atoms with van der Waals surface area (Å²) in [5.41, 5.74) is 3.66. The van der Waals surface area contributed by atoms with E-state index >= 15 is 0 Å². The molecular formula is C21H20N4O3. The molecule has 0 spiro atoms. The van der Waals surface area contributed by atoms with Crippen molar-refractivity contribution in [3.05, 3.63) is 80.0 Å². The van der Waals surface area contributed by atoms with Crippen LogP contribution in [0.3, 0.4) is 0 Å². The highest BCUT2D eigenvalue weighted by atomic mass is 16.5. The van der Waals surface area contributed by atoms with Crippen LogP contribution in [0.1, 0.15) is 16.7 Å². The average Bonchev–Trinajstić information content (AvgIpc) is 2.68. The van der Waals surface area contributed by atoms with Crippen molar-refractivity contribution in [3.63, 3.8) is 0 Å². The maximum Gasteiger partial charge on any atom is 0.354 e. The van der Waals surface area contributed by atoms with E-state index in [4.69, 9.17) is 4.74 Å². The topological polar surface area (TPSA) is 79.0 Å². The summed E-state index contributed by atoms with van der Waals surface area (Å²) < 4.78 is 8.27. The van der Waals surface area contributed by atoms with Gasteiger partial charge in [0.15, 0.2) is 11.5 Å². The van der Waals surface area contributed by atoms with Crippen LogP contribution in [-0.4, -0.2) is 19.1 Å². The fourth-order valence-electron chi connectivity index (χ4n) is 3.17. The van der Waals surface area contributed by atoms with Crippen LogP contribution in [0.2, 0.25) is 0 Å². The Morgan fingerprint density at radius 1 is 1.00 bits per heavy atom. The normalized spacial score (nSPS) is 11.4. The number of benzene rings is 2. The second kappa shape index (κ2) is 7.01. The molecule has 0 N–H and O–H groups in total. The van der Waals surface area contributed by atoms with E-state index in [2.05, 4.69) is 9.97 Å². The first kappa shape index (κ1) is 18.1. The molecule has 0 aliphatic carbocycles. The molecule has 7 heteroatoms. The molecule has 142 valence electrons. The van der Waals surface area contributed by atoms with Crippen molar-refractivity contribution in [1.82, 2.24) is 19.1 Å². The number of aryl methyl sites for hydroxylation is 3. The van der Waals surface area contributed by atoms with Crippen molar-refractivity contribution < 1.29 is 4.74 Å². The predicted molar refractivity (Wildman–Crippen MR) is 106 cm³/mol. The van der Waals surface area contributed by atoms with Crippen LogP contribution in [0.15, 0.2) is 52.1 Å². The summed E-state index contributed by atoms with van der Waals surface area (Å²) in [6.07, 6.45) is 0. The molecule has 0 fully saturated rings. The lowest BCUT2D eigenvalue weighted by molar-refractivity contribution is 0.0588. The lowest BCUT2D eigenvalue weighted by Crippen LogP contribution is -2.39. The van der Waals surface area contributed by atoms with E-state index < -0.39 is 11.2 Å². The van der Waals surface area contributed by atoms with E-state index in [1.807, 2.05) is 56.3 Å². The van der Waals surface area contributed by atoms with E-state index in [1.165, 1.54) is 0 Å². The monoisotopic (exact) mass is 376 g/mol. The molecule has 0 atom stereocenters. The summed E-state index contributed by atoms with van der Waals surface area (Å²) in [6.45, 7) is 4.12. The van der Waals surface area contributed by atoms with Gasteiger partial charge in [0.05, 0.1) is 17.6 Å². The van der Waals surface area contributed by atoms with Crippen LogP contribution in [0.25, 0.3) is 22.6 Å². The van der Waals surface area contributed by atoms with Crippen molar-refractivity contribution in [2.24, 2.45) is 7.05 Å². The summed E-state index contributed by atoms with van der Waals surface area (Å²) in [4.78, 5) is 33.9. The Balaban J connectivity index is 1.78. The van der Waals surface area contributed by atoms with Gasteiger partial charge >= 0.3 is 5.69 Å². The molecule has 2 heterocycles. The summed E-state index contributed by atoms with van der Waals surface area (Å²) >= 11 is 0. The molecule has 0 aromatic heterocycles. The summed E-state index contributed by atoms with van der Waals surface area (Å²) in [7, 11) is 1.78. The molecule has 0 amide bonds. The summed E-state index contributed by atoms with van der Waals surface area (Å²) in [6, 6.07) is 13.5. The molecule has 2 aromatic carbocycles. The minimum atomic E-state index is -0.647. The first-order valence-electron chi connectivity index (χ1n) is 8.96. The van der Waals surface area contributed by atoms with Gasteiger partial charge in [-0.05, 0) is 42.7 Å². The predicted octanol–water partition coefficient (Wildman–Crippen LogP) is 2.39. The first-order chi connectivity index (χ1) is 13.5. The van der Waals surface area contributed by atoms with Gasteiger partial charge in [0.2, 0.25) is 0 Å². The molecule has 0 saturated carbocycles. The highest BCUT2D eigenvalue weighted by Gasteiger charge is 2.20. The molecule has 2 aromatic rings. The lowest BCUT2D eigenvalue weighted by atomic mass is 10.1. The zero-order valence-electron chi connectivity index (χ0n) is 16.0. The van der Waals surface area contributed by atoms with Crippen LogP contribution < -0.4 is 11.2 Å². The molecular weight excluding hydrogens is 356 g/mol. The Kier molecular flexibility index (Phi) is 4.52. The van der Waals surface area contributed by atoms with Crippen molar-refractivity contribution in [2.45, 2.75) is 27.2 Å². The average molecular weight is 376 g/mol. The van der Waals surface area contributed by atoms with Crippen molar-refractivity contribution in [3.8, 4) is 11.5 Å². The standard InChI is InChI=1S/C21H20N4O3/c1-13-9-16-17(10-14(13)2)24(3)19-18(22-16)20(26)25(21(27)23-19)12-28-11-15-7-5-4-6-8-15/h4-10H,11-12H2,1-3H3. The Morgan fingerprint density at radius 3 is 2.46 bits per heavy atom. The van der Waals surface area contributed by atoms with E-state index in [0.29, 0.717) is 12.1 Å². The van der Waals surface area contributed by atoms with Gasteiger partial charge in [-0.2, -0.15) is 4.98 Å². The van der Waals surface area contributed by atoms with Gasteiger partial charge in [0.1, 0.15) is 6.73 Å². The number of aromatic nitrogens is 4. The van der Waals surface area contributed by atoms with Crippen LogP contribution >= 0.6 is 0 Å². The lowest BCUT2D eigenvalue weighted by Gasteiger charge is -2.15. The van der Waals surface area contributed by atoms with Crippen LogP contribution in [-0.2, 0) is 25.1 Å². The molecule has 2 aliphatic heterocycles. The number of ether oxygens (including phenoxy) is 1. The molecule has 7 nitrogen and oxygen atoms in total. The van der Waals surface area contributed by atoms with E-state index in [1.54, 1.807) is 11.6 Å². The van der Waals surface area contributed by atoms with Crippen molar-refractivity contribution in [2.75, 3.05) is 0 Å². The molecule has 0 radical (unpaired) electrons. The number of nitrogens with zero attached hydrogens (tertiary/aromatic N) is 4. The Labute approximate surface area is 161 Å². The highest BCUT2D eigenvalue weighted by molar-refractivity contribution is 5.80. The van der Waals surface area contributed by atoms with Gasteiger partial charge in [-0.1, -0.05) is 30.3 Å². The fraction of sp³-hybridized carbons (Fsp3) is 0.238. The van der Waals surface area contributed by atoms with E-state index in [9.17, 15) is 9.59 Å². The molecule has 0 unspecified atom stereocenters. The van der Waals surface area contributed by atoms with Gasteiger partial charge in [-0.25, -0.2) is 14.3 Å². The van der Waals surface area contributed by atoms with Crippen molar-refractivity contribution >= 4 is 11.0 Å². The highest BCUT2D eigenvalue weighted by Crippen LogP contribution is 2.22. The first-order valence-corrected chi connectivity index (χ1v) is 8.96. The second-order valence-electron chi connectivity index (χ2n) is 6.86. The summed E-state index contributed by atoms with van der Waals surface area (Å²) in [5, 5.41) is 0. The molecule has 2 aliphatic rings. The second-order valence-corrected chi connectivity index (χ2v) is 6.86. The molecule has 4 rings (SSSR count). The number of fused-ring (bicyclic) bond motifs is 2. The fourth-order valence-corrected chi connectivity index (χ4v) is 3.17. The number of hydrogen-bond donors (Lipinski definition) is 0. The minimum Gasteiger partial charge on any atom is -0.356 e. The van der Waals surface area contributed by atoms with Crippen LogP contribution in [0.4, 0.5) is 0 Å². The van der Waals surface area contributed by atoms with Gasteiger partial charge < -0.3 is 9.30 Å². The number of rotatable bonds is 4. The number of hydrogen-bond acceptors (Lipinski definition) is 5. The zero-order chi connectivity index (χ0) is 19.8. The minimum absolute atomic E-state index is 0.154. The Hall–Kier alpha value is -3.32. The maximum absolute atomic E-state index is 12.9. The van der Waals surface area contributed by atoms with E-state index in [-0.39, 0.29) is 18.2 Å². The Bertz CT molecular complexity index is 1260. The molecule has 28 heavy (non-hydrogen) atoms. The SMILES string of the molecule is Cc1cc2nc3c(=O)n(COCc4ccccc4)c(=O)nc-3n(C)c2cc1C. The smallest absolute Gasteiger partial charge is 0.354 e. The van der Waals surface area contributed by atoms with Crippen LogP contribution in [0.5, 0.6) is 0 Å². The van der Waals surface area contributed by atoms with Gasteiger partial charge in [-0.15, -0.1) is 0 Å². The third kappa shape index (κ3) is 3.10. The largest absolute Gasteiger partial charge is 0.356 e. The summed E-state index contributed by atoms with van der Waals surface area (Å²) in [5.74, 6) is 0.269.